The second kappa shape index (κ2) is 7.89. The number of anilines is 1. The summed E-state index contributed by atoms with van der Waals surface area (Å²) >= 11 is 5.80. The number of hydrogen-bond acceptors (Lipinski definition) is 2. The number of sulfonamides is 1. The van der Waals surface area contributed by atoms with E-state index in [-0.39, 0.29) is 15.6 Å². The number of benzene rings is 3. The molecule has 0 unspecified atom stereocenters. The monoisotopic (exact) mass is 421 g/mol. The van der Waals surface area contributed by atoms with Crippen molar-refractivity contribution in [2.75, 3.05) is 4.31 Å². The van der Waals surface area contributed by atoms with E-state index in [9.17, 15) is 17.2 Å². The van der Waals surface area contributed by atoms with E-state index < -0.39 is 27.7 Å². The molecule has 0 radical (unpaired) electrons. The average Bonchev–Trinajstić information content (AvgIpc) is 2.67. The second-order valence-corrected chi connectivity index (χ2v) is 8.62. The lowest BCUT2D eigenvalue weighted by Crippen LogP contribution is -2.34. The normalized spacial score (nSPS) is 12.6. The maximum absolute atomic E-state index is 14.2. The molecule has 3 nitrogen and oxygen atoms in total. The van der Waals surface area contributed by atoms with E-state index in [0.29, 0.717) is 5.56 Å². The van der Waals surface area contributed by atoms with Gasteiger partial charge in [-0.3, -0.25) is 4.31 Å². The Morgan fingerprint density at radius 3 is 2.21 bits per heavy atom. The van der Waals surface area contributed by atoms with Crippen molar-refractivity contribution >= 4 is 27.3 Å². The van der Waals surface area contributed by atoms with E-state index in [1.54, 1.807) is 44.2 Å². The summed E-state index contributed by atoms with van der Waals surface area (Å²) in [6, 6.07) is 15.8. The van der Waals surface area contributed by atoms with Gasteiger partial charge in [-0.1, -0.05) is 48.0 Å². The Morgan fingerprint density at radius 1 is 0.929 bits per heavy atom. The van der Waals surface area contributed by atoms with Gasteiger partial charge >= 0.3 is 0 Å². The van der Waals surface area contributed by atoms with Crippen molar-refractivity contribution in [2.24, 2.45) is 0 Å². The molecule has 0 aliphatic rings. The molecule has 0 N–H and O–H groups in total. The lowest BCUT2D eigenvalue weighted by molar-refractivity contribution is 0.581. The minimum absolute atomic E-state index is 0.167. The first-order chi connectivity index (χ1) is 13.2. The quantitative estimate of drug-likeness (QED) is 0.515. The standard InChI is InChI=1S/C21H18ClF2NO2S/c1-14-8-9-17(12-21(14)24)25(15(2)16-6-4-3-5-7-16)28(26,27)18-10-11-20(23)19(22)13-18/h3-13,15H,1-2H3/t15-/m0/s1. The van der Waals surface area contributed by atoms with Gasteiger partial charge < -0.3 is 0 Å². The molecule has 3 aromatic rings. The van der Waals surface area contributed by atoms with Crippen molar-refractivity contribution in [3.63, 3.8) is 0 Å². The van der Waals surface area contributed by atoms with Gasteiger partial charge in [-0.15, -0.1) is 0 Å². The summed E-state index contributed by atoms with van der Waals surface area (Å²) in [6.45, 7) is 3.30. The SMILES string of the molecule is Cc1ccc(N([C@@H](C)c2ccccc2)S(=O)(=O)c2ccc(F)c(Cl)c2)cc1F. The number of aryl methyl sites for hydroxylation is 1. The third-order valence-corrected chi connectivity index (χ3v) is 6.68. The van der Waals surface area contributed by atoms with Crippen LogP contribution < -0.4 is 4.31 Å². The number of nitrogens with zero attached hydrogens (tertiary/aromatic N) is 1. The summed E-state index contributed by atoms with van der Waals surface area (Å²) in [5.41, 5.74) is 1.29. The molecule has 0 saturated heterocycles. The van der Waals surface area contributed by atoms with E-state index in [1.165, 1.54) is 12.1 Å². The highest BCUT2D eigenvalue weighted by atomic mass is 35.5. The van der Waals surface area contributed by atoms with Crippen molar-refractivity contribution in [1.29, 1.82) is 0 Å². The second-order valence-electron chi connectivity index (χ2n) is 6.40. The number of hydrogen-bond donors (Lipinski definition) is 0. The van der Waals surface area contributed by atoms with Crippen LogP contribution in [-0.4, -0.2) is 8.42 Å². The molecule has 0 heterocycles. The summed E-state index contributed by atoms with van der Waals surface area (Å²) < 4.78 is 55.7. The maximum atomic E-state index is 14.2. The Hall–Kier alpha value is -2.44. The third-order valence-electron chi connectivity index (χ3n) is 4.49. The van der Waals surface area contributed by atoms with Gasteiger partial charge in [-0.2, -0.15) is 0 Å². The van der Waals surface area contributed by atoms with E-state index in [2.05, 4.69) is 0 Å². The van der Waals surface area contributed by atoms with Crippen LogP contribution in [0.5, 0.6) is 0 Å². The molecule has 7 heteroatoms. The lowest BCUT2D eigenvalue weighted by atomic mass is 10.1. The molecule has 0 aliphatic carbocycles. The highest BCUT2D eigenvalue weighted by Gasteiger charge is 2.31. The molecule has 0 saturated carbocycles. The number of halogens is 3. The summed E-state index contributed by atoms with van der Waals surface area (Å²) in [5, 5.41) is -0.302. The Morgan fingerprint density at radius 2 is 1.61 bits per heavy atom. The van der Waals surface area contributed by atoms with Crippen LogP contribution in [0.25, 0.3) is 0 Å². The topological polar surface area (TPSA) is 37.4 Å². The fraction of sp³-hybridized carbons (Fsp3) is 0.143. The molecule has 0 bridgehead atoms. The largest absolute Gasteiger partial charge is 0.264 e. The molecule has 146 valence electrons. The van der Waals surface area contributed by atoms with Crippen LogP contribution in [0.3, 0.4) is 0 Å². The molecule has 3 rings (SSSR count). The minimum atomic E-state index is -4.15. The molecule has 0 amide bonds. The summed E-state index contributed by atoms with van der Waals surface area (Å²) in [6.07, 6.45) is 0. The Bertz CT molecular complexity index is 1100. The van der Waals surface area contributed by atoms with E-state index in [1.807, 2.05) is 6.07 Å². The van der Waals surface area contributed by atoms with Crippen molar-refractivity contribution in [2.45, 2.75) is 24.8 Å². The Kier molecular flexibility index (Phi) is 5.72. The van der Waals surface area contributed by atoms with Crippen LogP contribution in [0.1, 0.15) is 24.1 Å². The molecule has 28 heavy (non-hydrogen) atoms. The predicted octanol–water partition coefficient (Wildman–Crippen LogP) is 5.88. The fourth-order valence-corrected chi connectivity index (χ4v) is 4.82. The lowest BCUT2D eigenvalue weighted by Gasteiger charge is -2.31. The number of rotatable bonds is 5. The molecule has 3 aromatic carbocycles. The zero-order valence-electron chi connectivity index (χ0n) is 15.2. The summed E-state index contributed by atoms with van der Waals surface area (Å²) in [4.78, 5) is -0.178. The highest BCUT2D eigenvalue weighted by molar-refractivity contribution is 7.92. The first-order valence-corrected chi connectivity index (χ1v) is 10.3. The van der Waals surface area contributed by atoms with E-state index in [4.69, 9.17) is 11.6 Å². The predicted molar refractivity (Wildman–Crippen MR) is 107 cm³/mol. The van der Waals surface area contributed by atoms with E-state index >= 15 is 0 Å². The molecule has 0 aromatic heterocycles. The van der Waals surface area contributed by atoms with Crippen molar-refractivity contribution in [1.82, 2.24) is 0 Å². The maximum Gasteiger partial charge on any atom is 0.264 e. The molecular formula is C21H18ClF2NO2S. The van der Waals surface area contributed by atoms with Gasteiger partial charge in [0.25, 0.3) is 10.0 Å². The van der Waals surface area contributed by atoms with Crippen molar-refractivity contribution in [3.8, 4) is 0 Å². The molecule has 0 spiro atoms. The van der Waals surface area contributed by atoms with Crippen molar-refractivity contribution < 1.29 is 17.2 Å². The van der Waals surface area contributed by atoms with Crippen LogP contribution in [0, 0.1) is 18.6 Å². The first-order valence-electron chi connectivity index (χ1n) is 8.52. The van der Waals surface area contributed by atoms with E-state index in [0.717, 1.165) is 28.1 Å². The van der Waals surface area contributed by atoms with Gasteiger partial charge in [-0.25, -0.2) is 17.2 Å². The van der Waals surface area contributed by atoms with Crippen molar-refractivity contribution in [3.05, 3.63) is 94.5 Å². The van der Waals surface area contributed by atoms with Crippen LogP contribution in [0.4, 0.5) is 14.5 Å². The fourth-order valence-electron chi connectivity index (χ4n) is 2.91. The van der Waals surface area contributed by atoms with Gasteiger partial charge in [0.15, 0.2) is 0 Å². The van der Waals surface area contributed by atoms with Gasteiger partial charge in [0.1, 0.15) is 11.6 Å². The van der Waals surface area contributed by atoms with Crippen LogP contribution in [0.15, 0.2) is 71.6 Å². The molecule has 0 aliphatic heterocycles. The zero-order chi connectivity index (χ0) is 20.5. The molecular weight excluding hydrogens is 404 g/mol. The summed E-state index contributed by atoms with van der Waals surface area (Å²) in [5.74, 6) is -1.24. The van der Waals surface area contributed by atoms with Gasteiger partial charge in [0.2, 0.25) is 0 Å². The van der Waals surface area contributed by atoms with Crippen LogP contribution in [0.2, 0.25) is 5.02 Å². The summed E-state index contributed by atoms with van der Waals surface area (Å²) in [7, 11) is -4.15. The van der Waals surface area contributed by atoms with Crippen LogP contribution >= 0.6 is 11.6 Å². The molecule has 0 fully saturated rings. The van der Waals surface area contributed by atoms with Gasteiger partial charge in [0, 0.05) is 0 Å². The smallest absolute Gasteiger partial charge is 0.259 e. The Labute approximate surface area is 168 Å². The average molecular weight is 422 g/mol. The Balaban J connectivity index is 2.19. The third kappa shape index (κ3) is 3.88. The van der Waals surface area contributed by atoms with Gasteiger partial charge in [0.05, 0.1) is 21.6 Å². The minimum Gasteiger partial charge on any atom is -0.259 e. The first kappa shape index (κ1) is 20.3. The highest BCUT2D eigenvalue weighted by Crippen LogP contribution is 2.35. The zero-order valence-corrected chi connectivity index (χ0v) is 16.8. The molecule has 1 atom stereocenters. The van der Waals surface area contributed by atoms with Crippen LogP contribution in [-0.2, 0) is 10.0 Å². The van der Waals surface area contributed by atoms with Gasteiger partial charge in [-0.05, 0) is 55.3 Å².